The van der Waals surface area contributed by atoms with Gasteiger partial charge in [-0.1, -0.05) is 17.4 Å². The molecule has 0 saturated carbocycles. The van der Waals surface area contributed by atoms with Crippen LogP contribution in [0.5, 0.6) is 0 Å². The van der Waals surface area contributed by atoms with Gasteiger partial charge in [0.25, 0.3) is 5.91 Å². The van der Waals surface area contributed by atoms with Crippen LogP contribution in [-0.4, -0.2) is 55.8 Å². The van der Waals surface area contributed by atoms with Crippen molar-refractivity contribution in [3.8, 4) is 0 Å². The van der Waals surface area contributed by atoms with E-state index in [2.05, 4.69) is 27.3 Å². The van der Waals surface area contributed by atoms with Crippen LogP contribution in [0, 0.1) is 0 Å². The van der Waals surface area contributed by atoms with E-state index in [0.717, 1.165) is 43.1 Å². The van der Waals surface area contributed by atoms with Gasteiger partial charge in [-0.3, -0.25) is 15.0 Å². The average molecular weight is 321 g/mol. The van der Waals surface area contributed by atoms with E-state index in [9.17, 15) is 4.79 Å². The van der Waals surface area contributed by atoms with E-state index in [1.54, 1.807) is 0 Å². The van der Waals surface area contributed by atoms with Crippen molar-refractivity contribution in [3.05, 3.63) is 23.8 Å². The first-order valence-electron chi connectivity index (χ1n) is 7.23. The molecule has 7 heteroatoms. The van der Waals surface area contributed by atoms with E-state index in [-0.39, 0.29) is 12.5 Å². The molecule has 2 aromatic rings. The Morgan fingerprint density at radius 2 is 2.27 bits per heavy atom. The predicted molar refractivity (Wildman–Crippen MR) is 86.2 cm³/mol. The molecular formula is C15H19N3O3S. The summed E-state index contributed by atoms with van der Waals surface area (Å²) in [5, 5.41) is 3.36. The summed E-state index contributed by atoms with van der Waals surface area (Å²) < 4.78 is 11.3. The lowest BCUT2D eigenvalue weighted by Gasteiger charge is -2.26. The number of anilines is 1. The number of carbonyl (C=O) groups excluding carboxylic acids is 1. The maximum atomic E-state index is 11.5. The fraction of sp³-hybridized carbons (Fsp3) is 0.467. The zero-order valence-electron chi connectivity index (χ0n) is 12.5. The number of methoxy groups -OCH3 is 1. The highest BCUT2D eigenvalue weighted by Gasteiger charge is 2.12. The number of fused-ring (bicyclic) bond motifs is 1. The van der Waals surface area contributed by atoms with E-state index in [0.29, 0.717) is 5.13 Å². The lowest BCUT2D eigenvalue weighted by atomic mass is 10.2. The SMILES string of the molecule is COCC(=O)Nc1nc2ccc(CN3CCOCC3)cc2s1. The van der Waals surface area contributed by atoms with Crippen molar-refractivity contribution in [3.63, 3.8) is 0 Å². The molecule has 1 saturated heterocycles. The molecule has 0 radical (unpaired) electrons. The smallest absolute Gasteiger partial charge is 0.252 e. The van der Waals surface area contributed by atoms with Crippen molar-refractivity contribution in [2.75, 3.05) is 45.3 Å². The van der Waals surface area contributed by atoms with Crippen LogP contribution in [0.2, 0.25) is 0 Å². The Balaban J connectivity index is 1.70. The van der Waals surface area contributed by atoms with Crippen molar-refractivity contribution >= 4 is 32.6 Å². The number of hydrogen-bond donors (Lipinski definition) is 1. The third-order valence-corrected chi connectivity index (χ3v) is 4.42. The molecule has 1 fully saturated rings. The molecule has 3 rings (SSSR count). The quantitative estimate of drug-likeness (QED) is 0.908. The molecule has 1 N–H and O–H groups in total. The zero-order valence-corrected chi connectivity index (χ0v) is 13.3. The highest BCUT2D eigenvalue weighted by Crippen LogP contribution is 2.27. The minimum Gasteiger partial charge on any atom is -0.379 e. The second-order valence-electron chi connectivity index (χ2n) is 5.19. The molecule has 1 amide bonds. The van der Waals surface area contributed by atoms with Gasteiger partial charge in [0.05, 0.1) is 23.4 Å². The Morgan fingerprint density at radius 1 is 1.45 bits per heavy atom. The van der Waals surface area contributed by atoms with Crippen molar-refractivity contribution in [2.24, 2.45) is 0 Å². The van der Waals surface area contributed by atoms with Crippen LogP contribution in [0.15, 0.2) is 18.2 Å². The molecule has 0 aliphatic carbocycles. The van der Waals surface area contributed by atoms with Gasteiger partial charge < -0.3 is 9.47 Å². The van der Waals surface area contributed by atoms with Crippen molar-refractivity contribution in [1.82, 2.24) is 9.88 Å². The summed E-state index contributed by atoms with van der Waals surface area (Å²) in [5.41, 5.74) is 2.16. The lowest BCUT2D eigenvalue weighted by molar-refractivity contribution is -0.119. The van der Waals surface area contributed by atoms with Gasteiger partial charge in [0.2, 0.25) is 0 Å². The number of thiazole rings is 1. The number of aromatic nitrogens is 1. The summed E-state index contributed by atoms with van der Waals surface area (Å²) >= 11 is 1.49. The molecule has 22 heavy (non-hydrogen) atoms. The molecule has 0 atom stereocenters. The lowest BCUT2D eigenvalue weighted by Crippen LogP contribution is -2.35. The van der Waals surface area contributed by atoms with Crippen molar-refractivity contribution in [1.29, 1.82) is 0 Å². The van der Waals surface area contributed by atoms with Gasteiger partial charge in [-0.25, -0.2) is 4.98 Å². The first kappa shape index (κ1) is 15.4. The summed E-state index contributed by atoms with van der Waals surface area (Å²) in [5.74, 6) is -0.185. The monoisotopic (exact) mass is 321 g/mol. The Hall–Kier alpha value is -1.54. The second-order valence-corrected chi connectivity index (χ2v) is 6.22. The molecule has 1 aromatic carbocycles. The minimum atomic E-state index is -0.185. The van der Waals surface area contributed by atoms with Crippen LogP contribution in [0.3, 0.4) is 0 Å². The first-order chi connectivity index (χ1) is 10.7. The summed E-state index contributed by atoms with van der Waals surface area (Å²) in [6.07, 6.45) is 0. The molecule has 118 valence electrons. The highest BCUT2D eigenvalue weighted by atomic mass is 32.1. The van der Waals surface area contributed by atoms with Crippen LogP contribution in [0.1, 0.15) is 5.56 Å². The summed E-state index contributed by atoms with van der Waals surface area (Å²) in [6.45, 7) is 4.51. The van der Waals surface area contributed by atoms with Crippen LogP contribution < -0.4 is 5.32 Å². The molecule has 0 unspecified atom stereocenters. The highest BCUT2D eigenvalue weighted by molar-refractivity contribution is 7.22. The van der Waals surface area contributed by atoms with Crippen molar-refractivity contribution in [2.45, 2.75) is 6.54 Å². The Bertz CT molecular complexity index is 653. The zero-order chi connectivity index (χ0) is 15.4. The third kappa shape index (κ3) is 3.80. The normalized spacial score (nSPS) is 16.0. The second kappa shape index (κ2) is 7.15. The van der Waals surface area contributed by atoms with E-state index in [1.807, 2.05) is 6.07 Å². The maximum Gasteiger partial charge on any atom is 0.252 e. The molecule has 1 aliphatic heterocycles. The molecular weight excluding hydrogens is 302 g/mol. The Morgan fingerprint density at radius 3 is 3.05 bits per heavy atom. The Kier molecular flexibility index (Phi) is 4.99. The number of benzene rings is 1. The predicted octanol–water partition coefficient (Wildman–Crippen LogP) is 1.71. The number of morpholine rings is 1. The van der Waals surface area contributed by atoms with Gasteiger partial charge in [-0.15, -0.1) is 0 Å². The molecule has 1 aliphatic rings. The number of hydrogen-bond acceptors (Lipinski definition) is 6. The summed E-state index contributed by atoms with van der Waals surface area (Å²) in [7, 11) is 1.50. The maximum absolute atomic E-state index is 11.5. The van der Waals surface area contributed by atoms with Gasteiger partial charge in [-0.2, -0.15) is 0 Å². The molecule has 1 aromatic heterocycles. The first-order valence-corrected chi connectivity index (χ1v) is 8.04. The van der Waals surface area contributed by atoms with Crippen LogP contribution >= 0.6 is 11.3 Å². The van der Waals surface area contributed by atoms with E-state index in [1.165, 1.54) is 24.0 Å². The van der Waals surface area contributed by atoms with Gasteiger partial charge in [0.15, 0.2) is 5.13 Å². The van der Waals surface area contributed by atoms with Gasteiger partial charge in [0.1, 0.15) is 6.61 Å². The number of carbonyl (C=O) groups is 1. The number of rotatable bonds is 5. The van der Waals surface area contributed by atoms with Crippen LogP contribution in [0.4, 0.5) is 5.13 Å². The largest absolute Gasteiger partial charge is 0.379 e. The Labute approximate surface area is 133 Å². The number of nitrogens with zero attached hydrogens (tertiary/aromatic N) is 2. The number of ether oxygens (including phenoxy) is 2. The minimum absolute atomic E-state index is 0.0399. The standard InChI is InChI=1S/C15H19N3O3S/c1-20-10-14(19)17-15-16-12-3-2-11(8-13(12)22-15)9-18-4-6-21-7-5-18/h2-3,8H,4-7,9-10H2,1H3,(H,16,17,19). The van der Waals surface area contributed by atoms with Crippen molar-refractivity contribution < 1.29 is 14.3 Å². The number of amides is 1. The third-order valence-electron chi connectivity index (χ3n) is 3.48. The van der Waals surface area contributed by atoms with E-state index < -0.39 is 0 Å². The molecule has 0 spiro atoms. The summed E-state index contributed by atoms with van der Waals surface area (Å²) in [4.78, 5) is 18.3. The topological polar surface area (TPSA) is 63.7 Å². The average Bonchev–Trinajstić information content (AvgIpc) is 2.90. The van der Waals surface area contributed by atoms with Crippen LogP contribution in [-0.2, 0) is 20.8 Å². The molecule has 2 heterocycles. The molecule has 6 nitrogen and oxygen atoms in total. The van der Waals surface area contributed by atoms with Gasteiger partial charge >= 0.3 is 0 Å². The number of nitrogens with one attached hydrogen (secondary N) is 1. The fourth-order valence-electron chi connectivity index (χ4n) is 2.42. The van der Waals surface area contributed by atoms with Gasteiger partial charge in [0, 0.05) is 26.7 Å². The molecule has 0 bridgehead atoms. The summed E-state index contributed by atoms with van der Waals surface area (Å²) in [6, 6.07) is 6.25. The van der Waals surface area contributed by atoms with E-state index >= 15 is 0 Å². The van der Waals surface area contributed by atoms with Gasteiger partial charge in [-0.05, 0) is 17.7 Å². The van der Waals surface area contributed by atoms with Crippen LogP contribution in [0.25, 0.3) is 10.2 Å². The fourth-order valence-corrected chi connectivity index (χ4v) is 3.37. The van der Waals surface area contributed by atoms with E-state index in [4.69, 9.17) is 9.47 Å².